The van der Waals surface area contributed by atoms with E-state index in [0.29, 0.717) is 0 Å². The first-order valence-electron chi connectivity index (χ1n) is 9.43. The lowest BCUT2D eigenvalue weighted by molar-refractivity contribution is 0.654. The fraction of sp³-hybridized carbons (Fsp3) is 0.154. The Bertz CT molecular complexity index is 1220. The number of benzene rings is 4. The minimum absolute atomic E-state index is 0.0646. The van der Waals surface area contributed by atoms with Crippen molar-refractivity contribution >= 4 is 10.8 Å². The normalized spacial score (nSPS) is 15.5. The summed E-state index contributed by atoms with van der Waals surface area (Å²) in [5, 5.41) is 2.72. The second-order valence-electron chi connectivity index (χ2n) is 8.18. The lowest BCUT2D eigenvalue weighted by atomic mass is 9.79. The van der Waals surface area contributed by atoms with Gasteiger partial charge in [-0.2, -0.15) is 0 Å². The van der Waals surface area contributed by atoms with Crippen LogP contribution in [0.25, 0.3) is 33.0 Å². The van der Waals surface area contributed by atoms with E-state index in [-0.39, 0.29) is 5.41 Å². The molecule has 0 amide bonds. The van der Waals surface area contributed by atoms with Crippen LogP contribution >= 0.6 is 0 Å². The first kappa shape index (κ1) is 14.3. The van der Waals surface area contributed by atoms with E-state index in [4.69, 9.17) is 0 Å². The van der Waals surface area contributed by atoms with E-state index in [1.54, 1.807) is 0 Å². The van der Waals surface area contributed by atoms with Crippen molar-refractivity contribution in [1.29, 1.82) is 0 Å². The van der Waals surface area contributed by atoms with Gasteiger partial charge in [-0.15, -0.1) is 0 Å². The van der Waals surface area contributed by atoms with E-state index < -0.39 is 0 Å². The van der Waals surface area contributed by atoms with Crippen molar-refractivity contribution in [2.45, 2.75) is 25.7 Å². The Hall–Kier alpha value is -2.86. The molecule has 0 saturated heterocycles. The topological polar surface area (TPSA) is 0 Å². The highest BCUT2D eigenvalue weighted by molar-refractivity contribution is 6.02. The third-order valence-corrected chi connectivity index (χ3v) is 6.48. The van der Waals surface area contributed by atoms with E-state index >= 15 is 0 Å². The van der Waals surface area contributed by atoms with Gasteiger partial charge in [-0.05, 0) is 61.7 Å². The summed E-state index contributed by atoms with van der Waals surface area (Å²) >= 11 is 0. The zero-order chi connectivity index (χ0) is 17.5. The monoisotopic (exact) mass is 332 g/mol. The zero-order valence-corrected chi connectivity index (χ0v) is 15.1. The summed E-state index contributed by atoms with van der Waals surface area (Å²) in [6.07, 6.45) is 1.05. The average molecular weight is 332 g/mol. The molecule has 0 bridgehead atoms. The van der Waals surface area contributed by atoms with Crippen LogP contribution < -0.4 is 0 Å². The molecule has 6 rings (SSSR count). The fourth-order valence-corrected chi connectivity index (χ4v) is 5.37. The van der Waals surface area contributed by atoms with Gasteiger partial charge in [0.1, 0.15) is 0 Å². The molecule has 2 aliphatic carbocycles. The third kappa shape index (κ3) is 1.60. The molecular weight excluding hydrogens is 312 g/mol. The minimum Gasteiger partial charge on any atom is -0.0619 e. The van der Waals surface area contributed by atoms with Gasteiger partial charge in [0.2, 0.25) is 0 Å². The fourth-order valence-electron chi connectivity index (χ4n) is 5.37. The molecule has 2 aliphatic rings. The van der Waals surface area contributed by atoms with Gasteiger partial charge >= 0.3 is 0 Å². The molecule has 124 valence electrons. The summed E-state index contributed by atoms with van der Waals surface area (Å²) in [4.78, 5) is 0. The molecule has 0 atom stereocenters. The Morgan fingerprint density at radius 2 is 1.46 bits per heavy atom. The Balaban J connectivity index is 1.70. The molecule has 0 aliphatic heterocycles. The van der Waals surface area contributed by atoms with E-state index in [0.717, 1.165) is 6.42 Å². The number of fused-ring (bicyclic) bond motifs is 9. The van der Waals surface area contributed by atoms with Crippen molar-refractivity contribution in [3.05, 3.63) is 95.1 Å². The largest absolute Gasteiger partial charge is 0.0619 e. The lowest BCUT2D eigenvalue weighted by Crippen LogP contribution is -2.17. The SMILES string of the molecule is CC1(C)c2ccccc2-c2ccc3c(c21)Cc1ccc2ccccc2c1-3. The first-order valence-corrected chi connectivity index (χ1v) is 9.43. The van der Waals surface area contributed by atoms with E-state index in [9.17, 15) is 0 Å². The summed E-state index contributed by atoms with van der Waals surface area (Å²) in [5.74, 6) is 0. The van der Waals surface area contributed by atoms with Gasteiger partial charge in [0, 0.05) is 5.41 Å². The summed E-state index contributed by atoms with van der Waals surface area (Å²) < 4.78 is 0. The molecule has 0 fully saturated rings. The summed E-state index contributed by atoms with van der Waals surface area (Å²) in [6, 6.07) is 27.1. The molecule has 0 saturated carbocycles. The molecule has 4 aromatic carbocycles. The molecule has 0 radical (unpaired) electrons. The Kier molecular flexibility index (Phi) is 2.56. The average Bonchev–Trinajstić information content (AvgIpc) is 3.15. The molecule has 0 unspecified atom stereocenters. The Morgan fingerprint density at radius 1 is 0.692 bits per heavy atom. The quantitative estimate of drug-likeness (QED) is 0.295. The van der Waals surface area contributed by atoms with Crippen LogP contribution in [0.1, 0.15) is 36.1 Å². The van der Waals surface area contributed by atoms with E-state index in [2.05, 4.69) is 86.6 Å². The van der Waals surface area contributed by atoms with Crippen LogP contribution in [0.4, 0.5) is 0 Å². The number of rotatable bonds is 0. The predicted octanol–water partition coefficient (Wildman–Crippen LogP) is 6.72. The highest BCUT2D eigenvalue weighted by Crippen LogP contribution is 2.54. The second-order valence-corrected chi connectivity index (χ2v) is 8.18. The molecule has 0 heterocycles. The van der Waals surface area contributed by atoms with Gasteiger partial charge in [-0.1, -0.05) is 86.6 Å². The van der Waals surface area contributed by atoms with Crippen LogP contribution in [0.3, 0.4) is 0 Å². The van der Waals surface area contributed by atoms with Gasteiger partial charge in [0.05, 0.1) is 0 Å². The van der Waals surface area contributed by atoms with Crippen molar-refractivity contribution < 1.29 is 0 Å². The summed E-state index contributed by atoms with van der Waals surface area (Å²) in [5.41, 5.74) is 11.8. The van der Waals surface area contributed by atoms with Crippen molar-refractivity contribution in [2.75, 3.05) is 0 Å². The summed E-state index contributed by atoms with van der Waals surface area (Å²) in [7, 11) is 0. The van der Waals surface area contributed by atoms with Gasteiger partial charge in [-0.25, -0.2) is 0 Å². The molecule has 0 aromatic heterocycles. The van der Waals surface area contributed by atoms with Gasteiger partial charge in [0.15, 0.2) is 0 Å². The second kappa shape index (κ2) is 4.65. The first-order chi connectivity index (χ1) is 12.7. The number of hydrogen-bond acceptors (Lipinski definition) is 0. The van der Waals surface area contributed by atoms with Gasteiger partial charge < -0.3 is 0 Å². The van der Waals surface area contributed by atoms with Crippen LogP contribution in [-0.4, -0.2) is 0 Å². The highest BCUT2D eigenvalue weighted by Gasteiger charge is 2.39. The van der Waals surface area contributed by atoms with Crippen LogP contribution in [0, 0.1) is 0 Å². The van der Waals surface area contributed by atoms with Gasteiger partial charge in [0.25, 0.3) is 0 Å². The summed E-state index contributed by atoms with van der Waals surface area (Å²) in [6.45, 7) is 4.78. The van der Waals surface area contributed by atoms with Crippen LogP contribution in [0.5, 0.6) is 0 Å². The zero-order valence-electron chi connectivity index (χ0n) is 15.1. The van der Waals surface area contributed by atoms with Crippen LogP contribution in [-0.2, 0) is 11.8 Å². The maximum Gasteiger partial charge on any atom is 0.0161 e. The predicted molar refractivity (Wildman–Crippen MR) is 110 cm³/mol. The maximum atomic E-state index is 2.39. The minimum atomic E-state index is 0.0646. The molecule has 26 heavy (non-hydrogen) atoms. The maximum absolute atomic E-state index is 2.39. The van der Waals surface area contributed by atoms with Crippen molar-refractivity contribution in [1.82, 2.24) is 0 Å². The number of hydrogen-bond donors (Lipinski definition) is 0. The standard InChI is InChI=1S/C26H20/c1-26(2)23-10-6-5-9-19(23)21-14-13-20-22(25(21)26)15-17-12-11-16-7-3-4-8-18(16)24(17)20/h3-14H,15H2,1-2H3. The Morgan fingerprint density at radius 3 is 2.38 bits per heavy atom. The molecule has 4 aromatic rings. The van der Waals surface area contributed by atoms with Crippen LogP contribution in [0.15, 0.2) is 72.8 Å². The molecular formula is C26H20. The smallest absolute Gasteiger partial charge is 0.0161 e. The van der Waals surface area contributed by atoms with E-state index in [1.807, 2.05) is 0 Å². The van der Waals surface area contributed by atoms with Crippen molar-refractivity contribution in [3.8, 4) is 22.3 Å². The van der Waals surface area contributed by atoms with E-state index in [1.165, 1.54) is 55.3 Å². The van der Waals surface area contributed by atoms with Crippen molar-refractivity contribution in [2.24, 2.45) is 0 Å². The highest BCUT2D eigenvalue weighted by atomic mass is 14.4. The van der Waals surface area contributed by atoms with Crippen molar-refractivity contribution in [3.63, 3.8) is 0 Å². The molecule has 0 heteroatoms. The molecule has 0 spiro atoms. The lowest BCUT2D eigenvalue weighted by Gasteiger charge is -2.24. The molecule has 0 nitrogen and oxygen atoms in total. The Labute approximate surface area is 154 Å². The molecule has 0 N–H and O–H groups in total. The third-order valence-electron chi connectivity index (χ3n) is 6.48. The van der Waals surface area contributed by atoms with Crippen LogP contribution in [0.2, 0.25) is 0 Å². The van der Waals surface area contributed by atoms with Gasteiger partial charge in [-0.3, -0.25) is 0 Å².